The number of aryl methyl sites for hydroxylation is 1. The van der Waals surface area contributed by atoms with Gasteiger partial charge in [0.05, 0.1) is 10.7 Å². The van der Waals surface area contributed by atoms with E-state index in [2.05, 4.69) is 10.6 Å². The minimum Gasteiger partial charge on any atom is -0.508 e. The first-order chi connectivity index (χ1) is 17.7. The third-order valence-electron chi connectivity index (χ3n) is 5.55. The number of aromatic hydroxyl groups is 1. The lowest BCUT2D eigenvalue weighted by molar-refractivity contribution is -0.140. The summed E-state index contributed by atoms with van der Waals surface area (Å²) in [7, 11) is 0. The number of carbonyl (C=O) groups is 4. The van der Waals surface area contributed by atoms with Crippen LogP contribution in [0, 0.1) is 6.92 Å². The van der Waals surface area contributed by atoms with Gasteiger partial charge in [0.1, 0.15) is 23.4 Å². The van der Waals surface area contributed by atoms with Crippen molar-refractivity contribution in [1.29, 1.82) is 0 Å². The molecule has 11 heteroatoms. The van der Waals surface area contributed by atoms with Crippen LogP contribution in [-0.4, -0.2) is 52.0 Å². The summed E-state index contributed by atoms with van der Waals surface area (Å²) in [5.74, 6) is -2.17. The number of phenolic OH excluding ortho intramolecular Hbond substituents is 1. The molecule has 0 aliphatic rings. The molecule has 2 aromatic carbocycles. The van der Waals surface area contributed by atoms with Crippen molar-refractivity contribution in [2.24, 2.45) is 5.73 Å². The highest BCUT2D eigenvalue weighted by molar-refractivity contribution is 6.34. The molecule has 2 atom stereocenters. The van der Waals surface area contributed by atoms with Crippen molar-refractivity contribution in [3.05, 3.63) is 58.6 Å². The molecule has 0 radical (unpaired) electrons. The van der Waals surface area contributed by atoms with Gasteiger partial charge in [-0.05, 0) is 58.7 Å². The van der Waals surface area contributed by atoms with Crippen LogP contribution in [0.15, 0.2) is 42.5 Å². The molecule has 2 rings (SSSR count). The van der Waals surface area contributed by atoms with Gasteiger partial charge in [-0.25, -0.2) is 4.79 Å². The largest absolute Gasteiger partial charge is 0.508 e. The number of alkyl carbamates (subject to hydrolysis) is 1. The first-order valence-corrected chi connectivity index (χ1v) is 12.5. The van der Waals surface area contributed by atoms with Crippen molar-refractivity contribution in [3.8, 4) is 5.75 Å². The number of hydrogen-bond donors (Lipinski definition) is 4. The van der Waals surface area contributed by atoms with Gasteiger partial charge in [0.15, 0.2) is 0 Å². The quantitative estimate of drug-likeness (QED) is 0.353. The highest BCUT2D eigenvalue weighted by Gasteiger charge is 2.37. The summed E-state index contributed by atoms with van der Waals surface area (Å²) in [6.07, 6.45) is -1.19. The number of para-hydroxylation sites is 2. The van der Waals surface area contributed by atoms with Gasteiger partial charge in [-0.15, -0.1) is 0 Å². The number of hydrogen-bond acceptors (Lipinski definition) is 6. The summed E-state index contributed by atoms with van der Waals surface area (Å²) in [5.41, 5.74) is 5.68. The molecule has 4 amide bonds. The number of halogens is 1. The number of nitrogens with two attached hydrogens (primary N) is 1. The summed E-state index contributed by atoms with van der Waals surface area (Å²) in [4.78, 5) is 52.8. The molecular formula is C27H35ClN4O6. The number of nitrogens with zero attached hydrogens (tertiary/aromatic N) is 1. The van der Waals surface area contributed by atoms with E-state index in [1.54, 1.807) is 65.0 Å². The van der Waals surface area contributed by atoms with Crippen LogP contribution in [0.3, 0.4) is 0 Å². The summed E-state index contributed by atoms with van der Waals surface area (Å²) < 4.78 is 5.28. The van der Waals surface area contributed by atoms with E-state index in [0.29, 0.717) is 16.3 Å². The third-order valence-corrected chi connectivity index (χ3v) is 5.87. The second-order valence-electron chi connectivity index (χ2n) is 9.71. The fourth-order valence-electron chi connectivity index (χ4n) is 3.81. The van der Waals surface area contributed by atoms with E-state index in [-0.39, 0.29) is 30.7 Å². The van der Waals surface area contributed by atoms with Crippen LogP contribution in [0.5, 0.6) is 5.75 Å². The van der Waals surface area contributed by atoms with Gasteiger partial charge in [-0.3, -0.25) is 14.4 Å². The van der Waals surface area contributed by atoms with E-state index in [0.717, 1.165) is 0 Å². The zero-order chi connectivity index (χ0) is 28.6. The number of rotatable bonds is 10. The van der Waals surface area contributed by atoms with Crippen LogP contribution in [0.25, 0.3) is 0 Å². The van der Waals surface area contributed by atoms with Gasteiger partial charge in [0.25, 0.3) is 5.91 Å². The van der Waals surface area contributed by atoms with Crippen LogP contribution >= 0.6 is 11.6 Å². The number of likely N-dealkylation sites (N-methyl/N-ethyl adjacent to an activating group) is 1. The number of nitrogens with one attached hydrogen (secondary N) is 2. The van der Waals surface area contributed by atoms with Crippen molar-refractivity contribution in [2.45, 2.75) is 65.1 Å². The average Bonchev–Trinajstić information content (AvgIpc) is 2.81. The zero-order valence-electron chi connectivity index (χ0n) is 22.2. The van der Waals surface area contributed by atoms with Gasteiger partial charge in [0.2, 0.25) is 11.8 Å². The number of anilines is 1. The van der Waals surface area contributed by atoms with Crippen molar-refractivity contribution in [1.82, 2.24) is 10.2 Å². The van der Waals surface area contributed by atoms with E-state index in [1.807, 2.05) is 0 Å². The van der Waals surface area contributed by atoms with Crippen molar-refractivity contribution >= 4 is 41.1 Å². The lowest BCUT2D eigenvalue weighted by atomic mass is 10.0. The first-order valence-electron chi connectivity index (χ1n) is 12.2. The number of ether oxygens (including phenoxy) is 1. The molecule has 0 aliphatic carbocycles. The number of benzene rings is 2. The van der Waals surface area contributed by atoms with Crippen LogP contribution < -0.4 is 16.4 Å². The zero-order valence-corrected chi connectivity index (χ0v) is 23.0. The molecule has 5 N–H and O–H groups in total. The van der Waals surface area contributed by atoms with Crippen molar-refractivity contribution < 1.29 is 29.0 Å². The van der Waals surface area contributed by atoms with Gasteiger partial charge >= 0.3 is 6.09 Å². The van der Waals surface area contributed by atoms with E-state index in [9.17, 15) is 24.3 Å². The Morgan fingerprint density at radius 1 is 1.11 bits per heavy atom. The molecule has 0 saturated carbocycles. The molecule has 2 unspecified atom stereocenters. The molecule has 2 aromatic rings. The molecule has 0 bridgehead atoms. The molecule has 0 aliphatic heterocycles. The smallest absolute Gasteiger partial charge is 0.408 e. The highest BCUT2D eigenvalue weighted by atomic mass is 35.5. The van der Waals surface area contributed by atoms with Gasteiger partial charge in [0, 0.05) is 18.5 Å². The molecule has 0 heterocycles. The predicted molar refractivity (Wildman–Crippen MR) is 145 cm³/mol. The Kier molecular flexibility index (Phi) is 10.5. The van der Waals surface area contributed by atoms with Crippen LogP contribution in [0.2, 0.25) is 5.02 Å². The topological polar surface area (TPSA) is 151 Å². The monoisotopic (exact) mass is 546 g/mol. The summed E-state index contributed by atoms with van der Waals surface area (Å²) in [6, 6.07) is 8.72. The number of amides is 4. The fraction of sp³-hybridized carbons (Fsp3) is 0.407. The first kappa shape index (κ1) is 30.4. The second-order valence-corrected chi connectivity index (χ2v) is 10.1. The summed E-state index contributed by atoms with van der Waals surface area (Å²) >= 11 is 6.31. The summed E-state index contributed by atoms with van der Waals surface area (Å²) in [6.45, 7) is 8.44. The Balaban J connectivity index is 2.51. The number of carbonyl (C=O) groups excluding carboxylic acids is 4. The normalized spacial score (nSPS) is 12.7. The van der Waals surface area contributed by atoms with Gasteiger partial charge in [-0.1, -0.05) is 41.9 Å². The molecule has 0 spiro atoms. The summed E-state index contributed by atoms with van der Waals surface area (Å²) in [5, 5.41) is 16.2. The average molecular weight is 547 g/mol. The van der Waals surface area contributed by atoms with Gasteiger partial charge in [-0.2, -0.15) is 0 Å². The maximum atomic E-state index is 13.8. The Morgan fingerprint density at radius 3 is 2.32 bits per heavy atom. The van der Waals surface area contributed by atoms with Crippen molar-refractivity contribution in [3.63, 3.8) is 0 Å². The minimum atomic E-state index is -1.30. The van der Waals surface area contributed by atoms with Crippen LogP contribution in [0.4, 0.5) is 10.5 Å². The maximum Gasteiger partial charge on any atom is 0.408 e. The Bertz CT molecular complexity index is 1160. The SMILES string of the molecule is CCN(C(=O)C(CCC(N)=O)NC(=O)OC(C)(C)C)C(C(=O)Nc1c(C)cccc1Cl)c1ccccc1O. The lowest BCUT2D eigenvalue weighted by Crippen LogP contribution is -2.52. The fourth-order valence-corrected chi connectivity index (χ4v) is 4.08. The molecule has 206 valence electrons. The van der Waals surface area contributed by atoms with Crippen LogP contribution in [0.1, 0.15) is 57.7 Å². The van der Waals surface area contributed by atoms with Gasteiger partial charge < -0.3 is 31.1 Å². The molecule has 0 fully saturated rings. The van der Waals surface area contributed by atoms with Crippen molar-refractivity contribution in [2.75, 3.05) is 11.9 Å². The maximum absolute atomic E-state index is 13.8. The molecule has 0 aromatic heterocycles. The predicted octanol–water partition coefficient (Wildman–Crippen LogP) is 4.04. The van der Waals surface area contributed by atoms with E-state index in [4.69, 9.17) is 22.1 Å². The Hall–Kier alpha value is -3.79. The molecular weight excluding hydrogens is 512 g/mol. The van der Waals surface area contributed by atoms with E-state index >= 15 is 0 Å². The third kappa shape index (κ3) is 8.37. The lowest BCUT2D eigenvalue weighted by Gasteiger charge is -2.34. The second kappa shape index (κ2) is 13.1. The number of primary amides is 1. The van der Waals surface area contributed by atoms with E-state index < -0.39 is 41.5 Å². The Labute approximate surface area is 227 Å². The Morgan fingerprint density at radius 2 is 1.76 bits per heavy atom. The molecule has 0 saturated heterocycles. The highest BCUT2D eigenvalue weighted by Crippen LogP contribution is 2.33. The van der Waals surface area contributed by atoms with E-state index in [1.165, 1.54) is 17.0 Å². The molecule has 38 heavy (non-hydrogen) atoms. The minimum absolute atomic E-state index is 0.0236. The molecule has 10 nitrogen and oxygen atoms in total. The standard InChI is InChI=1S/C27H35ClN4O6/c1-6-32(25(36)19(14-15-21(29)34)30-26(37)38-27(3,4)5)23(17-11-7-8-13-20(17)33)24(35)31-22-16(2)10-9-12-18(22)28/h7-13,19,23,33H,6,14-15H2,1-5H3,(H2,29,34)(H,30,37)(H,31,35). The van der Waals surface area contributed by atoms with Crippen LogP contribution in [-0.2, 0) is 19.1 Å². The number of phenols is 1.